The van der Waals surface area contributed by atoms with Crippen molar-refractivity contribution in [2.75, 3.05) is 7.11 Å². The number of ketones is 2. The number of hydrogen-bond acceptors (Lipinski definition) is 3. The van der Waals surface area contributed by atoms with Crippen molar-refractivity contribution in [3.05, 3.63) is 41.5 Å². The summed E-state index contributed by atoms with van der Waals surface area (Å²) in [7, 11) is 3.55. The first-order chi connectivity index (χ1) is 10.4. The van der Waals surface area contributed by atoms with Crippen LogP contribution in [0, 0.1) is 0 Å². The van der Waals surface area contributed by atoms with Gasteiger partial charge in [-0.25, -0.2) is 0 Å². The number of hydrogen-bond donors (Lipinski definition) is 0. The fourth-order valence-electron chi connectivity index (χ4n) is 2.94. The van der Waals surface area contributed by atoms with Gasteiger partial charge < -0.3 is 9.30 Å². The molecule has 0 aliphatic heterocycles. The zero-order chi connectivity index (χ0) is 16.0. The third-order valence-corrected chi connectivity index (χ3v) is 4.09. The van der Waals surface area contributed by atoms with E-state index in [2.05, 4.69) is 0 Å². The SMILES string of the molecule is COc1ccc2c(c1)c1cc(C(C)=O)cc(C(C)=O)c1n2C. The lowest BCUT2D eigenvalue weighted by Gasteiger charge is -2.05. The van der Waals surface area contributed by atoms with Crippen LogP contribution in [0.15, 0.2) is 30.3 Å². The third kappa shape index (κ3) is 1.99. The lowest BCUT2D eigenvalue weighted by atomic mass is 10.0. The zero-order valence-corrected chi connectivity index (χ0v) is 13.1. The van der Waals surface area contributed by atoms with Crippen LogP contribution in [0.5, 0.6) is 5.75 Å². The molecule has 0 saturated heterocycles. The molecule has 0 bridgehead atoms. The molecule has 0 amide bonds. The van der Waals surface area contributed by atoms with Gasteiger partial charge in [-0.3, -0.25) is 9.59 Å². The van der Waals surface area contributed by atoms with Crippen LogP contribution in [0.1, 0.15) is 34.6 Å². The Morgan fingerprint density at radius 1 is 1.00 bits per heavy atom. The summed E-state index contributed by atoms with van der Waals surface area (Å²) in [6.45, 7) is 3.04. The maximum absolute atomic E-state index is 12.0. The predicted octanol–water partition coefficient (Wildman–Crippen LogP) is 3.75. The number of methoxy groups -OCH3 is 1. The normalized spacial score (nSPS) is 11.1. The van der Waals surface area contributed by atoms with Gasteiger partial charge in [-0.15, -0.1) is 0 Å². The molecule has 0 aliphatic carbocycles. The monoisotopic (exact) mass is 295 g/mol. The molecule has 0 aliphatic rings. The van der Waals surface area contributed by atoms with Crippen molar-refractivity contribution in [2.45, 2.75) is 13.8 Å². The second kappa shape index (κ2) is 4.98. The molecule has 2 aromatic carbocycles. The van der Waals surface area contributed by atoms with Crippen LogP contribution in [0.3, 0.4) is 0 Å². The van der Waals surface area contributed by atoms with Crippen LogP contribution in [0.2, 0.25) is 0 Å². The average molecular weight is 295 g/mol. The Morgan fingerprint density at radius 3 is 2.32 bits per heavy atom. The second-order valence-electron chi connectivity index (χ2n) is 5.47. The highest BCUT2D eigenvalue weighted by Gasteiger charge is 2.17. The summed E-state index contributed by atoms with van der Waals surface area (Å²) in [4.78, 5) is 23.8. The number of aryl methyl sites for hydroxylation is 1. The maximum Gasteiger partial charge on any atom is 0.161 e. The van der Waals surface area contributed by atoms with Gasteiger partial charge in [0.25, 0.3) is 0 Å². The highest BCUT2D eigenvalue weighted by Crippen LogP contribution is 2.34. The minimum absolute atomic E-state index is 0.0500. The topological polar surface area (TPSA) is 48.3 Å². The molecule has 3 aromatic rings. The Morgan fingerprint density at radius 2 is 1.73 bits per heavy atom. The van der Waals surface area contributed by atoms with Crippen molar-refractivity contribution in [3.8, 4) is 5.75 Å². The Balaban J connectivity index is 2.54. The van der Waals surface area contributed by atoms with E-state index in [0.29, 0.717) is 11.1 Å². The molecule has 22 heavy (non-hydrogen) atoms. The number of carbonyl (C=O) groups excluding carboxylic acids is 2. The van der Waals surface area contributed by atoms with E-state index in [1.807, 2.05) is 35.9 Å². The van der Waals surface area contributed by atoms with E-state index in [0.717, 1.165) is 27.6 Å². The Kier molecular flexibility index (Phi) is 3.24. The number of nitrogens with zero attached hydrogens (tertiary/aromatic N) is 1. The van der Waals surface area contributed by atoms with Crippen LogP contribution in [-0.4, -0.2) is 23.2 Å². The first-order valence-electron chi connectivity index (χ1n) is 7.06. The van der Waals surface area contributed by atoms with E-state index in [-0.39, 0.29) is 11.6 Å². The molecule has 3 rings (SSSR count). The van der Waals surface area contributed by atoms with E-state index in [1.54, 1.807) is 13.2 Å². The Bertz CT molecular complexity index is 935. The Hall–Kier alpha value is -2.62. The van der Waals surface area contributed by atoms with E-state index >= 15 is 0 Å². The number of carbonyl (C=O) groups is 2. The quantitative estimate of drug-likeness (QED) is 0.691. The first-order valence-corrected chi connectivity index (χ1v) is 7.06. The third-order valence-electron chi connectivity index (χ3n) is 4.09. The number of benzene rings is 2. The minimum Gasteiger partial charge on any atom is -0.497 e. The summed E-state index contributed by atoms with van der Waals surface area (Å²) < 4.78 is 7.28. The molecule has 0 atom stereocenters. The fraction of sp³-hybridized carbons (Fsp3) is 0.222. The molecule has 0 saturated carbocycles. The van der Waals surface area contributed by atoms with Crippen molar-refractivity contribution in [2.24, 2.45) is 7.05 Å². The van der Waals surface area contributed by atoms with Gasteiger partial charge >= 0.3 is 0 Å². The standard InChI is InChI=1S/C18H17NO3/c1-10(20)12-7-14(11(2)21)18-16(8-12)15-9-13(22-4)5-6-17(15)19(18)3/h5-9H,1-4H3. The van der Waals surface area contributed by atoms with Gasteiger partial charge in [-0.1, -0.05) is 0 Å². The summed E-state index contributed by atoms with van der Waals surface area (Å²) >= 11 is 0. The number of Topliss-reactive ketones (excluding diaryl/α,β-unsaturated/α-hetero) is 2. The molecular formula is C18H17NO3. The fourth-order valence-corrected chi connectivity index (χ4v) is 2.94. The van der Waals surface area contributed by atoms with Crippen LogP contribution in [-0.2, 0) is 7.05 Å². The van der Waals surface area contributed by atoms with Crippen molar-refractivity contribution in [3.63, 3.8) is 0 Å². The summed E-state index contributed by atoms with van der Waals surface area (Å²) in [5.74, 6) is 0.646. The number of aromatic nitrogens is 1. The number of rotatable bonds is 3. The molecule has 0 fully saturated rings. The van der Waals surface area contributed by atoms with Gasteiger partial charge in [0.05, 0.1) is 12.6 Å². The molecular weight excluding hydrogens is 278 g/mol. The predicted molar refractivity (Wildman–Crippen MR) is 87.0 cm³/mol. The average Bonchev–Trinajstić information content (AvgIpc) is 2.79. The van der Waals surface area contributed by atoms with E-state index < -0.39 is 0 Å². The van der Waals surface area contributed by atoms with Crippen LogP contribution >= 0.6 is 0 Å². The van der Waals surface area contributed by atoms with Gasteiger partial charge in [0.1, 0.15) is 5.75 Å². The van der Waals surface area contributed by atoms with Gasteiger partial charge in [0, 0.05) is 34.5 Å². The van der Waals surface area contributed by atoms with Crippen LogP contribution < -0.4 is 4.74 Å². The van der Waals surface area contributed by atoms with Crippen molar-refractivity contribution < 1.29 is 14.3 Å². The van der Waals surface area contributed by atoms with E-state index in [1.165, 1.54) is 13.8 Å². The number of fused-ring (bicyclic) bond motifs is 3. The molecule has 0 spiro atoms. The molecule has 0 N–H and O–H groups in total. The molecule has 4 heteroatoms. The molecule has 112 valence electrons. The van der Waals surface area contributed by atoms with Crippen LogP contribution in [0.25, 0.3) is 21.8 Å². The van der Waals surface area contributed by atoms with E-state index in [9.17, 15) is 9.59 Å². The van der Waals surface area contributed by atoms with Crippen molar-refractivity contribution >= 4 is 33.4 Å². The summed E-state index contributed by atoms with van der Waals surface area (Å²) in [5.41, 5.74) is 2.97. The lowest BCUT2D eigenvalue weighted by Crippen LogP contribution is -2.01. The van der Waals surface area contributed by atoms with Gasteiger partial charge in [-0.2, -0.15) is 0 Å². The maximum atomic E-state index is 12.0. The number of ether oxygens (including phenoxy) is 1. The zero-order valence-electron chi connectivity index (χ0n) is 13.1. The van der Waals surface area contributed by atoms with Gasteiger partial charge in [0.15, 0.2) is 11.6 Å². The minimum atomic E-state index is -0.0516. The molecule has 0 unspecified atom stereocenters. The van der Waals surface area contributed by atoms with Crippen molar-refractivity contribution in [1.29, 1.82) is 0 Å². The van der Waals surface area contributed by atoms with Gasteiger partial charge in [-0.05, 0) is 44.2 Å². The van der Waals surface area contributed by atoms with Crippen LogP contribution in [0.4, 0.5) is 0 Å². The molecule has 1 aromatic heterocycles. The summed E-state index contributed by atoms with van der Waals surface area (Å²) in [6, 6.07) is 9.33. The molecule has 4 nitrogen and oxygen atoms in total. The summed E-state index contributed by atoms with van der Waals surface area (Å²) in [6.07, 6.45) is 0. The summed E-state index contributed by atoms with van der Waals surface area (Å²) in [5, 5.41) is 1.87. The largest absolute Gasteiger partial charge is 0.497 e. The lowest BCUT2D eigenvalue weighted by molar-refractivity contribution is 0.101. The highest BCUT2D eigenvalue weighted by molar-refractivity contribution is 6.18. The Labute approximate surface area is 128 Å². The molecule has 0 radical (unpaired) electrons. The smallest absolute Gasteiger partial charge is 0.161 e. The van der Waals surface area contributed by atoms with Crippen molar-refractivity contribution in [1.82, 2.24) is 4.57 Å². The van der Waals surface area contributed by atoms with Gasteiger partial charge in [0.2, 0.25) is 0 Å². The van der Waals surface area contributed by atoms with E-state index in [4.69, 9.17) is 4.74 Å². The highest BCUT2D eigenvalue weighted by atomic mass is 16.5. The first kappa shape index (κ1) is 14.3. The molecule has 1 heterocycles. The second-order valence-corrected chi connectivity index (χ2v) is 5.47.